The molecule has 5 heteroatoms. The first-order valence-corrected chi connectivity index (χ1v) is 20.9. The Hall–Kier alpha value is -8.41. The summed E-state index contributed by atoms with van der Waals surface area (Å²) in [5.41, 5.74) is 14.6. The molecule has 0 atom stereocenters. The molecule has 0 aliphatic heterocycles. The van der Waals surface area contributed by atoms with Gasteiger partial charge in [-0.3, -0.25) is 0 Å². The maximum absolute atomic E-state index is 4.92. The highest BCUT2D eigenvalue weighted by Crippen LogP contribution is 2.39. The highest BCUT2D eigenvalue weighted by molar-refractivity contribution is 6.12. The maximum Gasteiger partial charge on any atom is 0.164 e. The molecule has 3 aromatic heterocycles. The second kappa shape index (κ2) is 14.7. The molecule has 0 fully saturated rings. The summed E-state index contributed by atoms with van der Waals surface area (Å²) in [5, 5.41) is 4.96. The molecule has 0 unspecified atom stereocenters. The number of fused-ring (bicyclic) bond motifs is 6. The number of nitrogens with zero attached hydrogens (tertiary/aromatic N) is 5. The lowest BCUT2D eigenvalue weighted by molar-refractivity contribution is 1.07. The number of hydrogen-bond acceptors (Lipinski definition) is 3. The van der Waals surface area contributed by atoms with Gasteiger partial charge in [-0.25, -0.2) is 15.0 Å². The fraction of sp³-hybridized carbons (Fsp3) is 0. The lowest BCUT2D eigenvalue weighted by atomic mass is 10.0. The van der Waals surface area contributed by atoms with Gasteiger partial charge in [0.05, 0.1) is 22.1 Å². The molecule has 0 aliphatic rings. The molecule has 0 spiro atoms. The second-order valence-corrected chi connectivity index (χ2v) is 15.7. The molecular formula is C57H37N5. The molecule has 0 aliphatic carbocycles. The Morgan fingerprint density at radius 2 is 0.548 bits per heavy atom. The number of rotatable bonds is 7. The van der Waals surface area contributed by atoms with Crippen LogP contribution >= 0.6 is 0 Å². The molecule has 0 bridgehead atoms. The smallest absolute Gasteiger partial charge is 0.164 e. The number of para-hydroxylation sites is 3. The van der Waals surface area contributed by atoms with Crippen molar-refractivity contribution in [2.45, 2.75) is 0 Å². The van der Waals surface area contributed by atoms with Crippen molar-refractivity contribution < 1.29 is 0 Å². The van der Waals surface area contributed by atoms with E-state index in [1.807, 2.05) is 60.7 Å². The van der Waals surface area contributed by atoms with E-state index in [-0.39, 0.29) is 0 Å². The minimum absolute atomic E-state index is 0.644. The monoisotopic (exact) mass is 791 g/mol. The summed E-state index contributed by atoms with van der Waals surface area (Å²) in [6.45, 7) is 0. The van der Waals surface area contributed by atoms with Crippen LogP contribution in [0.3, 0.4) is 0 Å². The second-order valence-electron chi connectivity index (χ2n) is 15.7. The zero-order valence-electron chi connectivity index (χ0n) is 33.6. The highest BCUT2D eigenvalue weighted by Gasteiger charge is 2.17. The molecule has 12 aromatic rings. The lowest BCUT2D eigenvalue weighted by Gasteiger charge is -2.11. The van der Waals surface area contributed by atoms with Crippen molar-refractivity contribution in [3.8, 4) is 67.8 Å². The van der Waals surface area contributed by atoms with Crippen molar-refractivity contribution in [2.24, 2.45) is 0 Å². The van der Waals surface area contributed by atoms with Crippen LogP contribution in [0.1, 0.15) is 0 Å². The van der Waals surface area contributed by atoms with Gasteiger partial charge < -0.3 is 9.13 Å². The van der Waals surface area contributed by atoms with Gasteiger partial charge in [-0.2, -0.15) is 0 Å². The lowest BCUT2D eigenvalue weighted by Crippen LogP contribution is -2.00. The average molecular weight is 792 g/mol. The van der Waals surface area contributed by atoms with Crippen LogP contribution in [0.2, 0.25) is 0 Å². The topological polar surface area (TPSA) is 48.5 Å². The summed E-state index contributed by atoms with van der Waals surface area (Å²) >= 11 is 0. The predicted molar refractivity (Wildman–Crippen MR) is 256 cm³/mol. The van der Waals surface area contributed by atoms with E-state index in [4.69, 9.17) is 15.0 Å². The number of benzene rings is 9. The van der Waals surface area contributed by atoms with E-state index < -0.39 is 0 Å². The first-order valence-electron chi connectivity index (χ1n) is 20.9. The predicted octanol–water partition coefficient (Wildman–Crippen LogP) is 14.4. The maximum atomic E-state index is 4.92. The molecule has 9 aromatic carbocycles. The van der Waals surface area contributed by atoms with Gasteiger partial charge in [0.1, 0.15) is 0 Å². The van der Waals surface area contributed by atoms with Crippen LogP contribution in [-0.2, 0) is 0 Å². The minimum atomic E-state index is 0.644. The van der Waals surface area contributed by atoms with E-state index in [1.165, 1.54) is 60.4 Å². The molecule has 0 amide bonds. The Balaban J connectivity index is 0.883. The zero-order chi connectivity index (χ0) is 41.0. The number of hydrogen-bond donors (Lipinski definition) is 0. The van der Waals surface area contributed by atoms with E-state index in [0.29, 0.717) is 17.5 Å². The van der Waals surface area contributed by atoms with Crippen LogP contribution < -0.4 is 0 Å². The molecule has 0 saturated carbocycles. The third-order valence-electron chi connectivity index (χ3n) is 12.0. The van der Waals surface area contributed by atoms with Gasteiger partial charge in [-0.1, -0.05) is 164 Å². The number of aromatic nitrogens is 5. The Bertz CT molecular complexity index is 3530. The van der Waals surface area contributed by atoms with Crippen LogP contribution in [0.25, 0.3) is 111 Å². The summed E-state index contributed by atoms with van der Waals surface area (Å²) in [7, 11) is 0. The Labute approximate surface area is 358 Å². The molecule has 62 heavy (non-hydrogen) atoms. The highest BCUT2D eigenvalue weighted by atomic mass is 15.0. The molecular weight excluding hydrogens is 755 g/mol. The molecule has 0 radical (unpaired) electrons. The first kappa shape index (κ1) is 35.5. The fourth-order valence-electron chi connectivity index (χ4n) is 8.99. The molecule has 5 nitrogen and oxygen atoms in total. The molecule has 3 heterocycles. The van der Waals surface area contributed by atoms with Crippen LogP contribution in [0.5, 0.6) is 0 Å². The van der Waals surface area contributed by atoms with Gasteiger partial charge in [-0.15, -0.1) is 0 Å². The Kier molecular flexibility index (Phi) is 8.42. The molecule has 0 saturated heterocycles. The van der Waals surface area contributed by atoms with Crippen molar-refractivity contribution in [3.63, 3.8) is 0 Å². The van der Waals surface area contributed by atoms with E-state index in [9.17, 15) is 0 Å². The summed E-state index contributed by atoms with van der Waals surface area (Å²) in [5.74, 6) is 1.95. The third kappa shape index (κ3) is 6.06. The van der Waals surface area contributed by atoms with E-state index in [0.717, 1.165) is 33.5 Å². The van der Waals surface area contributed by atoms with Crippen molar-refractivity contribution >= 4 is 43.6 Å². The van der Waals surface area contributed by atoms with Crippen molar-refractivity contribution in [2.75, 3.05) is 0 Å². The van der Waals surface area contributed by atoms with Gasteiger partial charge in [0, 0.05) is 49.6 Å². The van der Waals surface area contributed by atoms with Crippen LogP contribution in [0.15, 0.2) is 224 Å². The van der Waals surface area contributed by atoms with Crippen molar-refractivity contribution in [1.82, 2.24) is 24.1 Å². The summed E-state index contributed by atoms with van der Waals surface area (Å²) in [6.07, 6.45) is 0. The largest absolute Gasteiger partial charge is 0.309 e. The average Bonchev–Trinajstić information content (AvgIpc) is 3.87. The quantitative estimate of drug-likeness (QED) is 0.162. The Morgan fingerprint density at radius 3 is 1.02 bits per heavy atom. The van der Waals surface area contributed by atoms with Crippen LogP contribution in [0.4, 0.5) is 0 Å². The summed E-state index contributed by atoms with van der Waals surface area (Å²) < 4.78 is 4.75. The third-order valence-corrected chi connectivity index (χ3v) is 12.0. The standard InChI is InChI=1S/C57H37N5/c1-4-14-40(15-5-1)55-58-56(41-16-6-2-7-17-41)60-57(59-55)42-26-24-38(25-27-42)39-28-32-46(33-29-39)62-52-23-13-11-21-48(52)50-37-44(31-35-54(50)62)43-30-34-53-49(36-43)47-20-10-12-22-51(47)61(53)45-18-8-3-9-19-45/h1-37H. The molecule has 290 valence electrons. The Morgan fingerprint density at radius 1 is 0.226 bits per heavy atom. The minimum Gasteiger partial charge on any atom is -0.309 e. The van der Waals surface area contributed by atoms with Crippen LogP contribution in [-0.4, -0.2) is 24.1 Å². The van der Waals surface area contributed by atoms with Gasteiger partial charge in [-0.05, 0) is 82.9 Å². The van der Waals surface area contributed by atoms with Gasteiger partial charge >= 0.3 is 0 Å². The van der Waals surface area contributed by atoms with Crippen molar-refractivity contribution in [3.05, 3.63) is 224 Å². The normalized spacial score (nSPS) is 11.5. The zero-order valence-corrected chi connectivity index (χ0v) is 33.6. The molecule has 0 N–H and O–H groups in total. The van der Waals surface area contributed by atoms with E-state index >= 15 is 0 Å². The summed E-state index contributed by atoms with van der Waals surface area (Å²) in [6, 6.07) is 79.4. The van der Waals surface area contributed by atoms with Gasteiger partial charge in [0.2, 0.25) is 0 Å². The SMILES string of the molecule is c1ccc(-c2nc(-c3ccccc3)nc(-c3ccc(-c4ccc(-n5c6ccccc6c6cc(-c7ccc8c(c7)c7ccccc7n8-c7ccccc7)ccc65)cc4)cc3)n2)cc1. The van der Waals surface area contributed by atoms with Crippen molar-refractivity contribution in [1.29, 1.82) is 0 Å². The van der Waals surface area contributed by atoms with E-state index in [2.05, 4.69) is 173 Å². The summed E-state index contributed by atoms with van der Waals surface area (Å²) in [4.78, 5) is 14.7. The van der Waals surface area contributed by atoms with E-state index in [1.54, 1.807) is 0 Å². The van der Waals surface area contributed by atoms with Gasteiger partial charge in [0.25, 0.3) is 0 Å². The van der Waals surface area contributed by atoms with Gasteiger partial charge in [0.15, 0.2) is 17.5 Å². The molecule has 12 rings (SSSR count). The first-order chi connectivity index (χ1) is 30.7. The van der Waals surface area contributed by atoms with Crippen LogP contribution in [0, 0.1) is 0 Å². The fourth-order valence-corrected chi connectivity index (χ4v) is 8.99.